The number of benzene rings is 2. The van der Waals surface area contributed by atoms with Gasteiger partial charge in [0.2, 0.25) is 0 Å². The predicted molar refractivity (Wildman–Crippen MR) is 74.7 cm³/mol. The summed E-state index contributed by atoms with van der Waals surface area (Å²) in [5, 5.41) is 11.9. The third kappa shape index (κ3) is 3.39. The Morgan fingerprint density at radius 1 is 1.21 bits per heavy atom. The predicted octanol–water partition coefficient (Wildman–Crippen LogP) is 3.01. The van der Waals surface area contributed by atoms with Crippen molar-refractivity contribution in [2.75, 3.05) is 0 Å². The van der Waals surface area contributed by atoms with Gasteiger partial charge in [-0.05, 0) is 23.8 Å². The van der Waals surface area contributed by atoms with Crippen LogP contribution in [0.2, 0.25) is 5.02 Å². The number of nitrogens with two attached hydrogens (primary N) is 1. The largest absolute Gasteiger partial charge is 0.489 e. The lowest BCUT2D eigenvalue weighted by Crippen LogP contribution is -2.13. The molecule has 2 aromatic carbocycles. The second-order valence-corrected chi connectivity index (χ2v) is 4.31. The number of amidine groups is 1. The van der Waals surface area contributed by atoms with Gasteiger partial charge in [0.25, 0.3) is 0 Å². The van der Waals surface area contributed by atoms with Crippen LogP contribution in [0.25, 0.3) is 0 Å². The van der Waals surface area contributed by atoms with Crippen LogP contribution < -0.4 is 10.5 Å². The first-order chi connectivity index (χ1) is 9.20. The molecule has 4 nitrogen and oxygen atoms in total. The van der Waals surface area contributed by atoms with Crippen LogP contribution in [0.5, 0.6) is 5.75 Å². The summed E-state index contributed by atoms with van der Waals surface area (Å²) < 4.78 is 5.61. The van der Waals surface area contributed by atoms with E-state index in [0.717, 1.165) is 5.56 Å². The molecule has 0 saturated carbocycles. The third-order valence-corrected chi connectivity index (χ3v) is 2.89. The van der Waals surface area contributed by atoms with Crippen molar-refractivity contribution in [3.8, 4) is 5.75 Å². The van der Waals surface area contributed by atoms with Crippen molar-refractivity contribution in [3.63, 3.8) is 0 Å². The van der Waals surface area contributed by atoms with Gasteiger partial charge in [-0.15, -0.1) is 0 Å². The van der Waals surface area contributed by atoms with Crippen molar-refractivity contribution in [1.29, 1.82) is 0 Å². The highest BCUT2D eigenvalue weighted by atomic mass is 35.5. The molecule has 0 fully saturated rings. The maximum atomic E-state index is 8.61. The van der Waals surface area contributed by atoms with Crippen molar-refractivity contribution in [2.24, 2.45) is 10.9 Å². The Morgan fingerprint density at radius 3 is 2.58 bits per heavy atom. The number of nitrogens with zero attached hydrogens (tertiary/aromatic N) is 1. The number of ether oxygens (including phenoxy) is 1. The SMILES string of the molecule is N/C(=N/O)c1ccc(OCc2ccccc2)cc1Cl. The van der Waals surface area contributed by atoms with E-state index in [-0.39, 0.29) is 5.84 Å². The zero-order valence-corrected chi connectivity index (χ0v) is 10.8. The van der Waals surface area contributed by atoms with Crippen molar-refractivity contribution in [2.45, 2.75) is 6.61 Å². The summed E-state index contributed by atoms with van der Waals surface area (Å²) in [7, 11) is 0. The molecule has 0 unspecified atom stereocenters. The molecule has 2 aromatic rings. The lowest BCUT2D eigenvalue weighted by Gasteiger charge is -2.08. The highest BCUT2D eigenvalue weighted by molar-refractivity contribution is 6.34. The Morgan fingerprint density at radius 2 is 1.95 bits per heavy atom. The fourth-order valence-corrected chi connectivity index (χ4v) is 1.86. The molecule has 0 amide bonds. The first-order valence-electron chi connectivity index (χ1n) is 5.65. The molecule has 0 spiro atoms. The number of hydrogen-bond donors (Lipinski definition) is 2. The van der Waals surface area contributed by atoms with Gasteiger partial charge in [0, 0.05) is 5.56 Å². The topological polar surface area (TPSA) is 67.8 Å². The molecule has 0 radical (unpaired) electrons. The average Bonchev–Trinajstić information content (AvgIpc) is 2.45. The van der Waals surface area contributed by atoms with E-state index in [2.05, 4.69) is 5.16 Å². The molecule has 0 aliphatic rings. The van der Waals surface area contributed by atoms with Gasteiger partial charge >= 0.3 is 0 Å². The second-order valence-electron chi connectivity index (χ2n) is 3.90. The second kappa shape index (κ2) is 6.11. The number of oxime groups is 1. The van der Waals surface area contributed by atoms with Crippen LogP contribution in [-0.4, -0.2) is 11.0 Å². The highest BCUT2D eigenvalue weighted by Gasteiger charge is 2.07. The van der Waals surface area contributed by atoms with Crippen LogP contribution in [0.4, 0.5) is 0 Å². The number of rotatable bonds is 4. The summed E-state index contributed by atoms with van der Waals surface area (Å²) in [5.41, 5.74) is 7.02. The molecule has 0 aliphatic carbocycles. The monoisotopic (exact) mass is 276 g/mol. The molecule has 5 heteroatoms. The Kier molecular flexibility index (Phi) is 4.26. The first kappa shape index (κ1) is 13.2. The van der Waals surface area contributed by atoms with Crippen LogP contribution in [0.15, 0.2) is 53.7 Å². The molecule has 0 aliphatic heterocycles. The lowest BCUT2D eigenvalue weighted by molar-refractivity contribution is 0.306. The minimum atomic E-state index is -0.0281. The molecule has 98 valence electrons. The normalized spacial score (nSPS) is 11.3. The Hall–Kier alpha value is -2.20. The van der Waals surface area contributed by atoms with Gasteiger partial charge in [0.1, 0.15) is 12.4 Å². The standard InChI is InChI=1S/C14H13ClN2O2/c15-13-8-11(6-7-12(13)14(16)17-18)19-9-10-4-2-1-3-5-10/h1-8,18H,9H2,(H2,16,17). The molecule has 0 heterocycles. The van der Waals surface area contributed by atoms with Gasteiger partial charge < -0.3 is 15.7 Å². The zero-order chi connectivity index (χ0) is 13.7. The molecule has 0 bridgehead atoms. The summed E-state index contributed by atoms with van der Waals surface area (Å²) in [6, 6.07) is 14.8. The zero-order valence-electron chi connectivity index (χ0n) is 10.1. The summed E-state index contributed by atoms with van der Waals surface area (Å²) in [5.74, 6) is 0.600. The molecule has 19 heavy (non-hydrogen) atoms. The quantitative estimate of drug-likeness (QED) is 0.390. The summed E-state index contributed by atoms with van der Waals surface area (Å²) in [6.45, 7) is 0.458. The van der Waals surface area contributed by atoms with Gasteiger partial charge in [-0.2, -0.15) is 0 Å². The Bertz CT molecular complexity index is 585. The minimum absolute atomic E-state index is 0.0281. The van der Waals surface area contributed by atoms with Gasteiger partial charge in [0.05, 0.1) is 5.02 Å². The van der Waals surface area contributed by atoms with Crippen molar-refractivity contribution in [1.82, 2.24) is 0 Å². The van der Waals surface area contributed by atoms with E-state index in [1.54, 1.807) is 18.2 Å². The molecule has 3 N–H and O–H groups in total. The molecule has 2 rings (SSSR count). The fourth-order valence-electron chi connectivity index (χ4n) is 1.59. The van der Waals surface area contributed by atoms with Crippen molar-refractivity contribution >= 4 is 17.4 Å². The molecular weight excluding hydrogens is 264 g/mol. The maximum Gasteiger partial charge on any atom is 0.171 e. The van der Waals surface area contributed by atoms with Gasteiger partial charge in [-0.1, -0.05) is 47.1 Å². The van der Waals surface area contributed by atoms with Gasteiger partial charge in [0.15, 0.2) is 5.84 Å². The van der Waals surface area contributed by atoms with E-state index in [0.29, 0.717) is 22.9 Å². The fraction of sp³-hybridized carbons (Fsp3) is 0.0714. The Balaban J connectivity index is 2.09. The van der Waals surface area contributed by atoms with E-state index in [4.69, 9.17) is 27.3 Å². The van der Waals surface area contributed by atoms with Crippen molar-refractivity contribution in [3.05, 3.63) is 64.7 Å². The van der Waals surface area contributed by atoms with E-state index in [1.165, 1.54) is 0 Å². The van der Waals surface area contributed by atoms with E-state index in [9.17, 15) is 0 Å². The van der Waals surface area contributed by atoms with E-state index >= 15 is 0 Å². The maximum absolute atomic E-state index is 8.61. The van der Waals surface area contributed by atoms with E-state index < -0.39 is 0 Å². The molecular formula is C14H13ClN2O2. The summed E-state index contributed by atoms with van der Waals surface area (Å²) in [4.78, 5) is 0. The average molecular weight is 277 g/mol. The van der Waals surface area contributed by atoms with Gasteiger partial charge in [-0.25, -0.2) is 0 Å². The van der Waals surface area contributed by atoms with Crippen LogP contribution >= 0.6 is 11.6 Å². The summed E-state index contributed by atoms with van der Waals surface area (Å²) in [6.07, 6.45) is 0. The lowest BCUT2D eigenvalue weighted by atomic mass is 10.2. The van der Waals surface area contributed by atoms with Crippen LogP contribution in [-0.2, 0) is 6.61 Å². The molecule has 0 saturated heterocycles. The summed E-state index contributed by atoms with van der Waals surface area (Å²) >= 11 is 6.03. The van der Waals surface area contributed by atoms with Gasteiger partial charge in [-0.3, -0.25) is 0 Å². The third-order valence-electron chi connectivity index (χ3n) is 2.57. The minimum Gasteiger partial charge on any atom is -0.489 e. The van der Waals surface area contributed by atoms with Crippen molar-refractivity contribution < 1.29 is 9.94 Å². The molecule has 0 atom stereocenters. The van der Waals surface area contributed by atoms with Crippen LogP contribution in [0.3, 0.4) is 0 Å². The first-order valence-corrected chi connectivity index (χ1v) is 6.02. The van der Waals surface area contributed by atoms with E-state index in [1.807, 2.05) is 30.3 Å². The molecule has 0 aromatic heterocycles. The highest BCUT2D eigenvalue weighted by Crippen LogP contribution is 2.23. The number of halogens is 1. The van der Waals surface area contributed by atoms with Crippen LogP contribution in [0.1, 0.15) is 11.1 Å². The number of hydrogen-bond acceptors (Lipinski definition) is 3. The smallest absolute Gasteiger partial charge is 0.171 e. The van der Waals surface area contributed by atoms with Crippen LogP contribution in [0, 0.1) is 0 Å². The Labute approximate surface area is 116 Å².